The number of amides is 1. The Balaban J connectivity index is 1.36. The van der Waals surface area contributed by atoms with Crippen molar-refractivity contribution in [3.63, 3.8) is 0 Å². The van der Waals surface area contributed by atoms with Gasteiger partial charge in [0.1, 0.15) is 12.1 Å². The lowest BCUT2D eigenvalue weighted by Gasteiger charge is -2.35. The molecule has 136 valence electrons. The fraction of sp³-hybridized carbons (Fsp3) is 0.471. The molecule has 2 aromatic heterocycles. The third kappa shape index (κ3) is 3.30. The van der Waals surface area contributed by atoms with Crippen LogP contribution in [-0.4, -0.2) is 56.2 Å². The first-order valence-electron chi connectivity index (χ1n) is 8.69. The summed E-state index contributed by atoms with van der Waals surface area (Å²) in [5, 5.41) is 12.5. The number of aliphatic hydroxyl groups is 1. The third-order valence-electron chi connectivity index (χ3n) is 4.98. The van der Waals surface area contributed by atoms with Gasteiger partial charge in [0.25, 0.3) is 11.5 Å². The van der Waals surface area contributed by atoms with Gasteiger partial charge in [0, 0.05) is 49.2 Å². The number of nitrogens with zero attached hydrogens (tertiary/aromatic N) is 4. The van der Waals surface area contributed by atoms with Crippen molar-refractivity contribution in [2.75, 3.05) is 18.0 Å². The van der Waals surface area contributed by atoms with Crippen molar-refractivity contribution >= 4 is 11.7 Å². The van der Waals surface area contributed by atoms with Crippen LogP contribution in [0.1, 0.15) is 41.4 Å². The average Bonchev–Trinajstić information content (AvgIpc) is 3.04. The highest BCUT2D eigenvalue weighted by atomic mass is 16.3. The molecule has 1 amide bonds. The fourth-order valence-electron chi connectivity index (χ4n) is 3.45. The molecule has 2 aliphatic rings. The number of aromatic nitrogens is 4. The first-order valence-corrected chi connectivity index (χ1v) is 8.69. The number of hydrogen-bond donors (Lipinski definition) is 3. The quantitative estimate of drug-likeness (QED) is 0.693. The number of carbonyl (C=O) groups is 1. The number of anilines is 1. The third-order valence-corrected chi connectivity index (χ3v) is 4.98. The summed E-state index contributed by atoms with van der Waals surface area (Å²) in [7, 11) is 0. The van der Waals surface area contributed by atoms with Crippen LogP contribution in [0, 0.1) is 0 Å². The molecule has 0 unspecified atom stereocenters. The smallest absolute Gasteiger partial charge is 0.279 e. The SMILES string of the molecule is O=C(NC1CC(c2cc(N3CC[C@@H](O)C3)ncn2)C1)c1ncc[nH]c1=O. The Labute approximate surface area is 149 Å². The van der Waals surface area contributed by atoms with E-state index in [1.54, 1.807) is 6.33 Å². The lowest BCUT2D eigenvalue weighted by Crippen LogP contribution is -2.45. The summed E-state index contributed by atoms with van der Waals surface area (Å²) in [4.78, 5) is 40.7. The number of hydrogen-bond acceptors (Lipinski definition) is 7. The molecule has 1 atom stereocenters. The molecule has 3 heterocycles. The number of nitrogens with one attached hydrogen (secondary N) is 2. The van der Waals surface area contributed by atoms with Gasteiger partial charge in [-0.05, 0) is 19.3 Å². The zero-order valence-electron chi connectivity index (χ0n) is 14.1. The van der Waals surface area contributed by atoms with Crippen LogP contribution in [0.2, 0.25) is 0 Å². The van der Waals surface area contributed by atoms with Gasteiger partial charge < -0.3 is 20.3 Å². The van der Waals surface area contributed by atoms with Crippen LogP contribution in [0.4, 0.5) is 5.82 Å². The van der Waals surface area contributed by atoms with Crippen LogP contribution in [0.5, 0.6) is 0 Å². The molecule has 4 rings (SSSR count). The molecular weight excluding hydrogens is 336 g/mol. The van der Waals surface area contributed by atoms with Gasteiger partial charge in [0.2, 0.25) is 0 Å². The first kappa shape index (κ1) is 16.6. The molecule has 2 fully saturated rings. The summed E-state index contributed by atoms with van der Waals surface area (Å²) in [6, 6.07) is 1.96. The summed E-state index contributed by atoms with van der Waals surface area (Å²) in [6.07, 6.45) is 6.30. The molecule has 0 bridgehead atoms. The van der Waals surface area contributed by atoms with E-state index in [2.05, 4.69) is 30.2 Å². The number of aliphatic hydroxyl groups excluding tert-OH is 1. The lowest BCUT2D eigenvalue weighted by molar-refractivity contribution is 0.0901. The Bertz CT molecular complexity index is 863. The fourth-order valence-corrected chi connectivity index (χ4v) is 3.45. The maximum absolute atomic E-state index is 12.1. The topological polar surface area (TPSA) is 124 Å². The molecule has 1 saturated carbocycles. The Kier molecular flexibility index (Phi) is 4.37. The van der Waals surface area contributed by atoms with Crippen molar-refractivity contribution in [2.24, 2.45) is 0 Å². The van der Waals surface area contributed by atoms with E-state index in [9.17, 15) is 14.7 Å². The van der Waals surface area contributed by atoms with Crippen LogP contribution < -0.4 is 15.8 Å². The molecule has 2 aromatic rings. The average molecular weight is 356 g/mol. The monoisotopic (exact) mass is 356 g/mol. The largest absolute Gasteiger partial charge is 0.391 e. The van der Waals surface area contributed by atoms with Crippen LogP contribution in [0.3, 0.4) is 0 Å². The number of β-amino-alcohol motifs (C(OH)–C–C–N with tert-alkyl or cyclic N) is 1. The Hall–Kier alpha value is -2.81. The Morgan fingerprint density at radius 1 is 1.31 bits per heavy atom. The normalized spacial score (nSPS) is 25.0. The molecule has 0 aromatic carbocycles. The van der Waals surface area contributed by atoms with Gasteiger partial charge in [0.15, 0.2) is 5.69 Å². The maximum atomic E-state index is 12.1. The molecule has 0 spiro atoms. The summed E-state index contributed by atoms with van der Waals surface area (Å²) in [6.45, 7) is 1.39. The van der Waals surface area contributed by atoms with Crippen LogP contribution in [0.25, 0.3) is 0 Å². The zero-order valence-corrected chi connectivity index (χ0v) is 14.1. The van der Waals surface area contributed by atoms with Gasteiger partial charge in [-0.2, -0.15) is 0 Å². The molecule has 3 N–H and O–H groups in total. The Morgan fingerprint density at radius 3 is 2.88 bits per heavy atom. The van der Waals surface area contributed by atoms with Gasteiger partial charge in [-0.1, -0.05) is 0 Å². The van der Waals surface area contributed by atoms with Crippen molar-refractivity contribution in [3.05, 3.63) is 46.5 Å². The molecule has 9 heteroatoms. The number of rotatable bonds is 4. The van der Waals surface area contributed by atoms with Gasteiger partial charge in [-0.25, -0.2) is 15.0 Å². The predicted octanol–water partition coefficient (Wildman–Crippen LogP) is -0.193. The van der Waals surface area contributed by atoms with Crippen LogP contribution in [-0.2, 0) is 0 Å². The highest BCUT2D eigenvalue weighted by Gasteiger charge is 2.34. The Morgan fingerprint density at radius 2 is 2.15 bits per heavy atom. The maximum Gasteiger partial charge on any atom is 0.279 e. The molecule has 9 nitrogen and oxygen atoms in total. The zero-order chi connectivity index (χ0) is 18.1. The van der Waals surface area contributed by atoms with Crippen molar-refractivity contribution in [3.8, 4) is 0 Å². The van der Waals surface area contributed by atoms with E-state index in [0.717, 1.165) is 37.3 Å². The van der Waals surface area contributed by atoms with Crippen molar-refractivity contribution in [1.29, 1.82) is 0 Å². The predicted molar refractivity (Wildman–Crippen MR) is 93.0 cm³/mol. The second-order valence-corrected chi connectivity index (χ2v) is 6.80. The van der Waals surface area contributed by atoms with Crippen molar-refractivity contribution in [2.45, 2.75) is 37.3 Å². The van der Waals surface area contributed by atoms with E-state index in [-0.39, 0.29) is 23.8 Å². The van der Waals surface area contributed by atoms with Crippen LogP contribution >= 0.6 is 0 Å². The van der Waals surface area contributed by atoms with Gasteiger partial charge in [-0.3, -0.25) is 9.59 Å². The van der Waals surface area contributed by atoms with E-state index in [4.69, 9.17) is 0 Å². The molecule has 26 heavy (non-hydrogen) atoms. The van der Waals surface area contributed by atoms with Crippen LogP contribution in [0.15, 0.2) is 29.6 Å². The second-order valence-electron chi connectivity index (χ2n) is 6.80. The molecule has 1 saturated heterocycles. The molecule has 1 aliphatic carbocycles. The minimum Gasteiger partial charge on any atom is -0.391 e. The van der Waals surface area contributed by atoms with E-state index < -0.39 is 11.5 Å². The summed E-state index contributed by atoms with van der Waals surface area (Å²) >= 11 is 0. The summed E-state index contributed by atoms with van der Waals surface area (Å²) < 4.78 is 0. The lowest BCUT2D eigenvalue weighted by atomic mass is 9.78. The number of carbonyl (C=O) groups excluding carboxylic acids is 1. The highest BCUT2D eigenvalue weighted by Crippen LogP contribution is 2.36. The number of H-pyrrole nitrogens is 1. The highest BCUT2D eigenvalue weighted by molar-refractivity contribution is 5.92. The minimum atomic E-state index is -0.492. The van der Waals surface area contributed by atoms with Crippen molar-refractivity contribution < 1.29 is 9.90 Å². The molecular formula is C17H20N6O3. The molecule has 0 radical (unpaired) electrons. The van der Waals surface area contributed by atoms with E-state index in [1.807, 2.05) is 6.07 Å². The van der Waals surface area contributed by atoms with E-state index >= 15 is 0 Å². The van der Waals surface area contributed by atoms with E-state index in [0.29, 0.717) is 6.54 Å². The standard InChI is InChI=1S/C17H20N6O3/c24-12-1-4-23(8-12)14-7-13(20-9-21-14)10-5-11(6-10)22-17(26)15-16(25)19-3-2-18-15/h2-3,7,9-12,24H,1,4-6,8H2,(H,19,25)(H,22,26)/t10?,11?,12-/m1/s1. The first-order chi connectivity index (χ1) is 12.6. The van der Waals surface area contributed by atoms with Gasteiger partial charge in [0.05, 0.1) is 6.10 Å². The van der Waals surface area contributed by atoms with Gasteiger partial charge in [-0.15, -0.1) is 0 Å². The summed E-state index contributed by atoms with van der Waals surface area (Å²) in [5.41, 5.74) is 0.333. The minimum absolute atomic E-state index is 0.000861. The van der Waals surface area contributed by atoms with Gasteiger partial charge >= 0.3 is 0 Å². The molecule has 1 aliphatic heterocycles. The van der Waals surface area contributed by atoms with Crippen molar-refractivity contribution in [1.82, 2.24) is 25.3 Å². The van der Waals surface area contributed by atoms with E-state index in [1.165, 1.54) is 12.4 Å². The summed E-state index contributed by atoms with van der Waals surface area (Å²) in [5.74, 6) is 0.625. The second kappa shape index (κ2) is 6.83. The number of aromatic amines is 1.